The Morgan fingerprint density at radius 2 is 1.81 bits per heavy atom. The number of benzene rings is 2. The summed E-state index contributed by atoms with van der Waals surface area (Å²) in [6, 6.07) is 13.5. The van der Waals surface area contributed by atoms with Crippen LogP contribution >= 0.6 is 11.8 Å². The molecule has 136 valence electrons. The quantitative estimate of drug-likeness (QED) is 0.456. The molecule has 6 heteroatoms. The minimum absolute atomic E-state index is 0.235. The van der Waals surface area contributed by atoms with Crippen LogP contribution in [0.3, 0.4) is 0 Å². The second-order valence-electron chi connectivity index (χ2n) is 5.53. The maximum atomic E-state index is 12.8. The lowest BCUT2D eigenvalue weighted by molar-refractivity contribution is -0.150. The number of hydrogen-bond acceptors (Lipinski definition) is 4. The molecule has 1 amide bonds. The van der Waals surface area contributed by atoms with Crippen LogP contribution in [-0.2, 0) is 20.9 Å². The number of thioether (sulfide) groups is 1. The van der Waals surface area contributed by atoms with Crippen molar-refractivity contribution in [2.45, 2.75) is 24.5 Å². The standard InChI is InChI=1S/C20H20FNO3S/c1-14(20(24)22-13-16-3-8-17(21)9-4-16)25-19(23)12-7-15-5-10-18(26-2)11-6-15/h3-12,14H,13H2,1-2H3,(H,22,24)/b12-7+/t14-/m0/s1. The van der Waals surface area contributed by atoms with Crippen molar-refractivity contribution in [2.24, 2.45) is 0 Å². The number of carbonyl (C=O) groups excluding carboxylic acids is 2. The molecule has 0 heterocycles. The van der Waals surface area contributed by atoms with Crippen molar-refractivity contribution in [1.29, 1.82) is 0 Å². The Kier molecular flexibility index (Phi) is 7.41. The van der Waals surface area contributed by atoms with E-state index in [9.17, 15) is 14.0 Å². The molecule has 0 bridgehead atoms. The molecule has 0 aliphatic carbocycles. The van der Waals surface area contributed by atoms with E-state index in [-0.39, 0.29) is 12.4 Å². The number of ether oxygens (including phenoxy) is 1. The summed E-state index contributed by atoms with van der Waals surface area (Å²) in [5.41, 5.74) is 1.63. The van der Waals surface area contributed by atoms with Crippen LogP contribution < -0.4 is 5.32 Å². The highest BCUT2D eigenvalue weighted by Crippen LogP contribution is 2.15. The van der Waals surface area contributed by atoms with Crippen LogP contribution in [0.25, 0.3) is 6.08 Å². The molecule has 0 aliphatic rings. The van der Waals surface area contributed by atoms with Gasteiger partial charge in [-0.15, -0.1) is 11.8 Å². The van der Waals surface area contributed by atoms with Gasteiger partial charge in [0.25, 0.3) is 5.91 Å². The second kappa shape index (κ2) is 9.77. The van der Waals surface area contributed by atoms with Crippen molar-refractivity contribution in [3.63, 3.8) is 0 Å². The molecule has 0 aromatic heterocycles. The second-order valence-corrected chi connectivity index (χ2v) is 6.41. The largest absolute Gasteiger partial charge is 0.449 e. The van der Waals surface area contributed by atoms with E-state index >= 15 is 0 Å². The normalized spacial score (nSPS) is 12.0. The Bertz CT molecular complexity index is 773. The number of nitrogens with one attached hydrogen (secondary N) is 1. The van der Waals surface area contributed by atoms with Gasteiger partial charge in [-0.25, -0.2) is 9.18 Å². The van der Waals surface area contributed by atoms with Gasteiger partial charge >= 0.3 is 5.97 Å². The first-order chi connectivity index (χ1) is 12.5. The Morgan fingerprint density at radius 3 is 2.42 bits per heavy atom. The zero-order valence-electron chi connectivity index (χ0n) is 14.6. The van der Waals surface area contributed by atoms with Crippen LogP contribution in [0.15, 0.2) is 59.5 Å². The molecular weight excluding hydrogens is 353 g/mol. The maximum absolute atomic E-state index is 12.8. The van der Waals surface area contributed by atoms with Gasteiger partial charge in [0.05, 0.1) is 0 Å². The first-order valence-electron chi connectivity index (χ1n) is 8.03. The summed E-state index contributed by atoms with van der Waals surface area (Å²) >= 11 is 1.64. The lowest BCUT2D eigenvalue weighted by Crippen LogP contribution is -2.35. The zero-order valence-corrected chi connectivity index (χ0v) is 15.4. The first-order valence-corrected chi connectivity index (χ1v) is 9.25. The molecule has 1 atom stereocenters. The molecule has 2 rings (SSSR count). The van der Waals surface area contributed by atoms with Gasteiger partial charge in [-0.05, 0) is 54.6 Å². The smallest absolute Gasteiger partial charge is 0.331 e. The Labute approximate surface area is 156 Å². The van der Waals surface area contributed by atoms with Gasteiger partial charge in [0.2, 0.25) is 0 Å². The van der Waals surface area contributed by atoms with Crippen LogP contribution in [0, 0.1) is 5.82 Å². The average Bonchev–Trinajstić information content (AvgIpc) is 2.66. The lowest BCUT2D eigenvalue weighted by atomic mass is 10.2. The molecule has 4 nitrogen and oxygen atoms in total. The predicted octanol–water partition coefficient (Wildman–Crippen LogP) is 3.81. The lowest BCUT2D eigenvalue weighted by Gasteiger charge is -2.12. The number of esters is 1. The van der Waals surface area contributed by atoms with Crippen LogP contribution in [-0.4, -0.2) is 24.2 Å². The van der Waals surface area contributed by atoms with E-state index in [1.54, 1.807) is 30.0 Å². The Morgan fingerprint density at radius 1 is 1.15 bits per heavy atom. The van der Waals surface area contributed by atoms with Crippen molar-refractivity contribution in [2.75, 3.05) is 6.26 Å². The summed E-state index contributed by atoms with van der Waals surface area (Å²) in [5, 5.41) is 2.64. The summed E-state index contributed by atoms with van der Waals surface area (Å²) in [4.78, 5) is 24.9. The van der Waals surface area contributed by atoms with Crippen LogP contribution in [0.5, 0.6) is 0 Å². The molecular formula is C20H20FNO3S. The van der Waals surface area contributed by atoms with Gasteiger partial charge in [0.1, 0.15) is 5.82 Å². The molecule has 2 aromatic carbocycles. The van der Waals surface area contributed by atoms with Gasteiger partial charge in [0.15, 0.2) is 6.10 Å². The van der Waals surface area contributed by atoms with Gasteiger partial charge < -0.3 is 10.1 Å². The van der Waals surface area contributed by atoms with E-state index in [0.29, 0.717) is 0 Å². The monoisotopic (exact) mass is 373 g/mol. The van der Waals surface area contributed by atoms with Crippen molar-refractivity contribution in [3.05, 3.63) is 71.6 Å². The number of halogens is 1. The number of amides is 1. The molecule has 2 aromatic rings. The first kappa shape index (κ1) is 19.7. The summed E-state index contributed by atoms with van der Waals surface area (Å²) in [6.45, 7) is 1.73. The van der Waals surface area contributed by atoms with E-state index in [0.717, 1.165) is 16.0 Å². The average molecular weight is 373 g/mol. The van der Waals surface area contributed by atoms with E-state index in [2.05, 4.69) is 5.32 Å². The van der Waals surface area contributed by atoms with Crippen molar-refractivity contribution in [1.82, 2.24) is 5.32 Å². The molecule has 1 N–H and O–H groups in total. The van der Waals surface area contributed by atoms with Crippen molar-refractivity contribution >= 4 is 29.7 Å². The van der Waals surface area contributed by atoms with E-state index < -0.39 is 18.0 Å². The fourth-order valence-electron chi connectivity index (χ4n) is 2.08. The topological polar surface area (TPSA) is 55.4 Å². The van der Waals surface area contributed by atoms with Gasteiger partial charge in [-0.1, -0.05) is 24.3 Å². The summed E-state index contributed by atoms with van der Waals surface area (Å²) in [6.07, 6.45) is 3.99. The van der Waals surface area contributed by atoms with Gasteiger partial charge in [0, 0.05) is 17.5 Å². The predicted molar refractivity (Wildman–Crippen MR) is 101 cm³/mol. The number of hydrogen-bond donors (Lipinski definition) is 1. The third-order valence-corrected chi connectivity index (χ3v) is 4.31. The van der Waals surface area contributed by atoms with E-state index in [1.165, 1.54) is 25.1 Å². The highest BCUT2D eigenvalue weighted by molar-refractivity contribution is 7.98. The number of carbonyl (C=O) groups is 2. The summed E-state index contributed by atoms with van der Waals surface area (Å²) in [5.74, 6) is -1.35. The minimum Gasteiger partial charge on any atom is -0.449 e. The molecule has 0 unspecified atom stereocenters. The van der Waals surface area contributed by atoms with Crippen LogP contribution in [0.2, 0.25) is 0 Å². The fourth-order valence-corrected chi connectivity index (χ4v) is 2.49. The van der Waals surface area contributed by atoms with Crippen molar-refractivity contribution < 1.29 is 18.7 Å². The third kappa shape index (κ3) is 6.37. The van der Waals surface area contributed by atoms with Gasteiger partial charge in [-0.2, -0.15) is 0 Å². The summed E-state index contributed by atoms with van der Waals surface area (Å²) in [7, 11) is 0. The SMILES string of the molecule is CSc1ccc(/C=C/C(=O)O[C@@H](C)C(=O)NCc2ccc(F)cc2)cc1. The highest BCUT2D eigenvalue weighted by Gasteiger charge is 2.16. The Balaban J connectivity index is 1.80. The Hall–Kier alpha value is -2.60. The third-order valence-electron chi connectivity index (χ3n) is 3.57. The maximum Gasteiger partial charge on any atom is 0.331 e. The minimum atomic E-state index is -0.925. The van der Waals surface area contributed by atoms with Crippen LogP contribution in [0.1, 0.15) is 18.1 Å². The zero-order chi connectivity index (χ0) is 18.9. The van der Waals surface area contributed by atoms with Gasteiger partial charge in [-0.3, -0.25) is 4.79 Å². The molecule has 0 radical (unpaired) electrons. The van der Waals surface area contributed by atoms with Crippen molar-refractivity contribution in [3.8, 4) is 0 Å². The van der Waals surface area contributed by atoms with Crippen LogP contribution in [0.4, 0.5) is 4.39 Å². The van der Waals surface area contributed by atoms with E-state index in [4.69, 9.17) is 4.74 Å². The molecule has 0 saturated carbocycles. The molecule has 0 fully saturated rings. The molecule has 26 heavy (non-hydrogen) atoms. The summed E-state index contributed by atoms with van der Waals surface area (Å²) < 4.78 is 17.9. The molecule has 0 spiro atoms. The molecule has 0 saturated heterocycles. The fraction of sp³-hybridized carbons (Fsp3) is 0.200. The highest BCUT2D eigenvalue weighted by atomic mass is 32.2. The molecule has 0 aliphatic heterocycles. The van der Waals surface area contributed by atoms with E-state index in [1.807, 2.05) is 30.5 Å². The number of rotatable bonds is 7.